The van der Waals surface area contributed by atoms with Crippen molar-refractivity contribution < 1.29 is 4.79 Å². The fourth-order valence-electron chi connectivity index (χ4n) is 6.82. The van der Waals surface area contributed by atoms with Crippen molar-refractivity contribution in [3.05, 3.63) is 30.1 Å². The third-order valence-corrected chi connectivity index (χ3v) is 7.83. The number of aromatic nitrogens is 1. The van der Waals surface area contributed by atoms with Crippen LogP contribution in [0.5, 0.6) is 0 Å². The van der Waals surface area contributed by atoms with Crippen LogP contribution in [0.4, 0.5) is 4.79 Å². The molecule has 4 aliphatic rings. The molecule has 0 atom stereocenters. The predicted molar refractivity (Wildman–Crippen MR) is 118 cm³/mol. The van der Waals surface area contributed by atoms with Crippen LogP contribution in [0.3, 0.4) is 0 Å². The van der Waals surface area contributed by atoms with Gasteiger partial charge in [0.05, 0.1) is 0 Å². The quantitative estimate of drug-likeness (QED) is 0.514. The summed E-state index contributed by atoms with van der Waals surface area (Å²) in [6.45, 7) is 4.04. The van der Waals surface area contributed by atoms with Crippen LogP contribution in [0.1, 0.15) is 76.7 Å². The van der Waals surface area contributed by atoms with E-state index in [1.165, 1.54) is 56.9 Å². The number of hydrogen-bond donors (Lipinski definition) is 0. The summed E-state index contributed by atoms with van der Waals surface area (Å²) in [5.74, 6) is 2.62. The highest BCUT2D eigenvalue weighted by Gasteiger charge is 2.54. The third kappa shape index (κ3) is 4.62. The van der Waals surface area contributed by atoms with Crippen molar-refractivity contribution in [3.8, 4) is 0 Å². The van der Waals surface area contributed by atoms with Gasteiger partial charge < -0.3 is 9.80 Å². The number of nitrogens with zero attached hydrogens (tertiary/aromatic N) is 3. The van der Waals surface area contributed by atoms with Gasteiger partial charge in [-0.2, -0.15) is 0 Å². The molecular formula is C25H39N3O. The lowest BCUT2D eigenvalue weighted by molar-refractivity contribution is -0.0744. The molecule has 0 aromatic carbocycles. The maximum absolute atomic E-state index is 13.6. The van der Waals surface area contributed by atoms with Crippen molar-refractivity contribution >= 4 is 6.03 Å². The van der Waals surface area contributed by atoms with E-state index in [4.69, 9.17) is 0 Å². The van der Waals surface area contributed by atoms with Crippen molar-refractivity contribution in [2.45, 2.75) is 83.1 Å². The van der Waals surface area contributed by atoms with Crippen LogP contribution in [0.15, 0.2) is 24.5 Å². The van der Waals surface area contributed by atoms with Crippen molar-refractivity contribution in [2.24, 2.45) is 17.8 Å². The Balaban J connectivity index is 1.41. The monoisotopic (exact) mass is 397 g/mol. The molecule has 0 saturated heterocycles. The van der Waals surface area contributed by atoms with E-state index in [0.29, 0.717) is 0 Å². The molecule has 1 aromatic heterocycles. The summed E-state index contributed by atoms with van der Waals surface area (Å²) in [6.07, 6.45) is 17.4. The minimum atomic E-state index is 0.166. The second-order valence-electron chi connectivity index (χ2n) is 10.2. The van der Waals surface area contributed by atoms with Gasteiger partial charge >= 0.3 is 6.03 Å². The number of carbonyl (C=O) groups excluding carboxylic acids is 1. The zero-order valence-corrected chi connectivity index (χ0v) is 18.5. The number of rotatable bonds is 9. The SMILES string of the molecule is CCCCCN(C(=O)N(C)CCCc1ccncc1)C12CC3CC(CC(C3)C1)C2. The fraction of sp³-hybridized carbons (Fsp3) is 0.760. The van der Waals surface area contributed by atoms with E-state index in [9.17, 15) is 4.79 Å². The normalized spacial score (nSPS) is 29.8. The van der Waals surface area contributed by atoms with Crippen molar-refractivity contribution in [1.29, 1.82) is 0 Å². The summed E-state index contributed by atoms with van der Waals surface area (Å²) < 4.78 is 0. The summed E-state index contributed by atoms with van der Waals surface area (Å²) in [7, 11) is 2.02. The number of carbonyl (C=O) groups is 1. The van der Waals surface area contributed by atoms with E-state index in [1.54, 1.807) is 0 Å². The first kappa shape index (κ1) is 20.7. The van der Waals surface area contributed by atoms with E-state index in [-0.39, 0.29) is 11.6 Å². The summed E-state index contributed by atoms with van der Waals surface area (Å²) in [6, 6.07) is 4.44. The van der Waals surface area contributed by atoms with Crippen molar-refractivity contribution in [2.75, 3.05) is 20.1 Å². The molecule has 0 unspecified atom stereocenters. The number of hydrogen-bond acceptors (Lipinski definition) is 2. The van der Waals surface area contributed by atoms with Crippen molar-refractivity contribution in [1.82, 2.24) is 14.8 Å². The maximum atomic E-state index is 13.6. The van der Waals surface area contributed by atoms with Gasteiger partial charge in [0.25, 0.3) is 0 Å². The third-order valence-electron chi connectivity index (χ3n) is 7.83. The largest absolute Gasteiger partial charge is 0.328 e. The van der Waals surface area contributed by atoms with Gasteiger partial charge in [0.1, 0.15) is 0 Å². The Morgan fingerprint density at radius 1 is 1.00 bits per heavy atom. The smallest absolute Gasteiger partial charge is 0.320 e. The first-order chi connectivity index (χ1) is 14.1. The van der Waals surface area contributed by atoms with E-state index >= 15 is 0 Å². The van der Waals surface area contributed by atoms with Crippen molar-refractivity contribution in [3.63, 3.8) is 0 Å². The van der Waals surface area contributed by atoms with Crippen LogP contribution < -0.4 is 0 Å². The van der Waals surface area contributed by atoms with Crippen LogP contribution in [-0.2, 0) is 6.42 Å². The van der Waals surface area contributed by atoms with Crippen LogP contribution >= 0.6 is 0 Å². The topological polar surface area (TPSA) is 36.4 Å². The molecule has 0 aliphatic heterocycles. The van der Waals surface area contributed by atoms with Crippen LogP contribution in [0.2, 0.25) is 0 Å². The zero-order valence-electron chi connectivity index (χ0n) is 18.5. The standard InChI is InChI=1S/C25H39N3O/c1-3-4-5-13-28(25-17-21-14-22(18-25)16-23(15-21)19-25)24(29)27(2)12-6-7-20-8-10-26-11-9-20/h8-11,21-23H,3-7,12-19H2,1-2H3. The molecule has 4 bridgehead atoms. The lowest BCUT2D eigenvalue weighted by Gasteiger charge is -2.60. The summed E-state index contributed by atoms with van der Waals surface area (Å²) in [5.41, 5.74) is 1.47. The Bertz CT molecular complexity index is 639. The van der Waals surface area contributed by atoms with E-state index in [2.05, 4.69) is 28.9 Å². The summed E-state index contributed by atoms with van der Waals surface area (Å²) in [4.78, 5) is 22.1. The van der Waals surface area contributed by atoms with Crippen LogP contribution in [0, 0.1) is 17.8 Å². The lowest BCUT2D eigenvalue weighted by Crippen LogP contribution is -2.63. The molecule has 4 fully saturated rings. The van der Waals surface area contributed by atoms with E-state index in [0.717, 1.165) is 50.1 Å². The second kappa shape index (κ2) is 9.06. The van der Waals surface area contributed by atoms with Gasteiger partial charge in [-0.1, -0.05) is 19.8 Å². The van der Waals surface area contributed by atoms with E-state index < -0.39 is 0 Å². The summed E-state index contributed by atoms with van der Waals surface area (Å²) in [5, 5.41) is 0. The molecule has 4 heteroatoms. The average molecular weight is 398 g/mol. The van der Waals surface area contributed by atoms with Gasteiger partial charge in [-0.15, -0.1) is 0 Å². The van der Waals surface area contributed by atoms with E-state index in [1.807, 2.05) is 24.3 Å². The highest BCUT2D eigenvalue weighted by Crippen LogP contribution is 2.58. The molecule has 5 rings (SSSR count). The minimum Gasteiger partial charge on any atom is -0.328 e. The number of urea groups is 1. The highest BCUT2D eigenvalue weighted by atomic mass is 16.2. The van der Waals surface area contributed by atoms with Gasteiger partial charge in [0.15, 0.2) is 0 Å². The molecule has 29 heavy (non-hydrogen) atoms. The molecule has 4 nitrogen and oxygen atoms in total. The lowest BCUT2D eigenvalue weighted by atomic mass is 9.52. The second-order valence-corrected chi connectivity index (χ2v) is 10.2. The van der Waals surface area contributed by atoms with Gasteiger partial charge in [-0.05, 0) is 93.2 Å². The Labute approximate surface area is 177 Å². The number of pyridine rings is 1. The number of aryl methyl sites for hydroxylation is 1. The van der Waals surface area contributed by atoms with Gasteiger partial charge in [-0.25, -0.2) is 4.79 Å². The Morgan fingerprint density at radius 3 is 2.21 bits per heavy atom. The first-order valence-electron chi connectivity index (χ1n) is 12.0. The average Bonchev–Trinajstić information content (AvgIpc) is 2.70. The van der Waals surface area contributed by atoms with Crippen LogP contribution in [-0.4, -0.2) is 46.5 Å². The molecule has 1 heterocycles. The predicted octanol–water partition coefficient (Wildman–Crippen LogP) is 5.53. The summed E-state index contributed by atoms with van der Waals surface area (Å²) >= 11 is 0. The van der Waals surface area contributed by atoms with Gasteiger partial charge in [0.2, 0.25) is 0 Å². The first-order valence-corrected chi connectivity index (χ1v) is 12.0. The molecular weight excluding hydrogens is 358 g/mol. The Hall–Kier alpha value is -1.58. The molecule has 4 aliphatic carbocycles. The Morgan fingerprint density at radius 2 is 1.62 bits per heavy atom. The van der Waals surface area contributed by atoms with Gasteiger partial charge in [-0.3, -0.25) is 4.98 Å². The molecule has 160 valence electrons. The zero-order chi connectivity index (χ0) is 20.3. The Kier molecular flexibility index (Phi) is 6.46. The molecule has 0 spiro atoms. The molecule has 0 radical (unpaired) electrons. The number of unbranched alkanes of at least 4 members (excludes halogenated alkanes) is 2. The molecule has 0 N–H and O–H groups in total. The van der Waals surface area contributed by atoms with Crippen LogP contribution in [0.25, 0.3) is 0 Å². The molecule has 4 saturated carbocycles. The molecule has 1 aromatic rings. The van der Waals surface area contributed by atoms with Gasteiger partial charge in [0, 0.05) is 38.1 Å². The molecule has 2 amide bonds. The highest BCUT2D eigenvalue weighted by molar-refractivity contribution is 5.75. The number of amides is 2. The maximum Gasteiger partial charge on any atom is 0.320 e. The minimum absolute atomic E-state index is 0.166. The fourth-order valence-corrected chi connectivity index (χ4v) is 6.82.